The van der Waals surface area contributed by atoms with Gasteiger partial charge in [0.25, 0.3) is 0 Å². The molecule has 26 heavy (non-hydrogen) atoms. The van der Waals surface area contributed by atoms with Crippen LogP contribution in [-0.2, 0) is 23.8 Å². The average Bonchev–Trinajstić information content (AvgIpc) is 3.08. The number of halogens is 3. The van der Waals surface area contributed by atoms with Crippen molar-refractivity contribution >= 4 is 28.2 Å². The van der Waals surface area contributed by atoms with Gasteiger partial charge < -0.3 is 5.32 Å². The van der Waals surface area contributed by atoms with E-state index in [4.69, 9.17) is 0 Å². The number of aromatic nitrogens is 2. The number of alkyl halides is 3. The van der Waals surface area contributed by atoms with Gasteiger partial charge in [-0.05, 0) is 42.9 Å². The maximum Gasteiger partial charge on any atom is 0.445 e. The van der Waals surface area contributed by atoms with E-state index in [0.29, 0.717) is 5.56 Å². The summed E-state index contributed by atoms with van der Waals surface area (Å²) in [6.07, 6.45) is -0.504. The van der Waals surface area contributed by atoms with Gasteiger partial charge in [-0.15, -0.1) is 10.2 Å². The van der Waals surface area contributed by atoms with Crippen LogP contribution in [-0.4, -0.2) is 21.9 Å². The van der Waals surface area contributed by atoms with Gasteiger partial charge in [0.05, 0.1) is 0 Å². The van der Waals surface area contributed by atoms with E-state index in [2.05, 4.69) is 15.5 Å². The molecular formula is C17H16F3N3O2S. The van der Waals surface area contributed by atoms with E-state index in [1.54, 1.807) is 6.07 Å². The highest BCUT2D eigenvalue weighted by atomic mass is 32.1. The molecule has 2 aromatic rings. The molecule has 138 valence electrons. The molecule has 0 bridgehead atoms. The van der Waals surface area contributed by atoms with Crippen LogP contribution < -0.4 is 5.32 Å². The zero-order valence-corrected chi connectivity index (χ0v) is 14.5. The van der Waals surface area contributed by atoms with E-state index in [0.717, 1.165) is 25.7 Å². The molecule has 1 N–H and O–H groups in total. The summed E-state index contributed by atoms with van der Waals surface area (Å²) < 4.78 is 37.4. The van der Waals surface area contributed by atoms with Gasteiger partial charge in [-0.3, -0.25) is 9.59 Å². The number of nitrogens with one attached hydrogen (secondary N) is 1. The first-order chi connectivity index (χ1) is 12.3. The van der Waals surface area contributed by atoms with Gasteiger partial charge in [0.15, 0.2) is 5.78 Å². The number of rotatable bonds is 5. The SMILES string of the molecule is O=C(CCC(=O)c1ccc2c(c1)CCCC2)Nc1nnc(C(F)(F)F)s1. The van der Waals surface area contributed by atoms with E-state index < -0.39 is 17.1 Å². The molecule has 0 radical (unpaired) electrons. The van der Waals surface area contributed by atoms with E-state index >= 15 is 0 Å². The summed E-state index contributed by atoms with van der Waals surface area (Å²) >= 11 is 0.250. The second-order valence-electron chi connectivity index (χ2n) is 6.07. The quantitative estimate of drug-likeness (QED) is 0.791. The van der Waals surface area contributed by atoms with Crippen molar-refractivity contribution in [1.82, 2.24) is 10.2 Å². The van der Waals surface area contributed by atoms with Crippen LogP contribution in [0.15, 0.2) is 18.2 Å². The molecule has 5 nitrogen and oxygen atoms in total. The van der Waals surface area contributed by atoms with Crippen LogP contribution in [0.4, 0.5) is 18.3 Å². The highest BCUT2D eigenvalue weighted by Crippen LogP contribution is 2.33. The second kappa shape index (κ2) is 7.53. The number of amides is 1. The first-order valence-electron chi connectivity index (χ1n) is 8.18. The number of aryl methyl sites for hydroxylation is 2. The number of hydrogen-bond acceptors (Lipinski definition) is 5. The summed E-state index contributed by atoms with van der Waals surface area (Å²) in [6.45, 7) is 0. The molecule has 0 unspecified atom stereocenters. The molecule has 1 aliphatic rings. The van der Waals surface area contributed by atoms with Crippen molar-refractivity contribution in [1.29, 1.82) is 0 Å². The van der Waals surface area contributed by atoms with Crippen molar-refractivity contribution in [3.05, 3.63) is 39.9 Å². The largest absolute Gasteiger partial charge is 0.445 e. The number of carbonyl (C=O) groups is 2. The molecule has 1 aliphatic carbocycles. The van der Waals surface area contributed by atoms with E-state index in [1.807, 2.05) is 12.1 Å². The van der Waals surface area contributed by atoms with Crippen molar-refractivity contribution in [3.8, 4) is 0 Å². The van der Waals surface area contributed by atoms with E-state index in [-0.39, 0.29) is 35.1 Å². The van der Waals surface area contributed by atoms with Crippen molar-refractivity contribution in [2.75, 3.05) is 5.32 Å². The van der Waals surface area contributed by atoms with Crippen LogP contribution in [0.3, 0.4) is 0 Å². The summed E-state index contributed by atoms with van der Waals surface area (Å²) in [5, 5.41) is 7.16. The first kappa shape index (κ1) is 18.5. The Morgan fingerprint density at radius 2 is 1.81 bits per heavy atom. The Labute approximate surface area is 151 Å². The topological polar surface area (TPSA) is 72.0 Å². The maximum atomic E-state index is 12.5. The van der Waals surface area contributed by atoms with Crippen molar-refractivity contribution < 1.29 is 22.8 Å². The predicted molar refractivity (Wildman–Crippen MR) is 90.2 cm³/mol. The minimum absolute atomic E-state index is 0.0183. The van der Waals surface area contributed by atoms with E-state index in [9.17, 15) is 22.8 Å². The number of anilines is 1. The molecule has 1 heterocycles. The fourth-order valence-electron chi connectivity index (χ4n) is 2.85. The monoisotopic (exact) mass is 383 g/mol. The number of nitrogens with zero attached hydrogens (tertiary/aromatic N) is 2. The number of hydrogen-bond donors (Lipinski definition) is 1. The molecule has 1 amide bonds. The summed E-state index contributed by atoms with van der Waals surface area (Å²) in [4.78, 5) is 24.1. The van der Waals surface area contributed by atoms with Gasteiger partial charge in [-0.1, -0.05) is 23.5 Å². The van der Waals surface area contributed by atoms with Crippen LogP contribution >= 0.6 is 11.3 Å². The molecule has 0 atom stereocenters. The third-order valence-corrected chi connectivity index (χ3v) is 5.05. The van der Waals surface area contributed by atoms with Gasteiger partial charge in [0.1, 0.15) is 0 Å². The van der Waals surface area contributed by atoms with Gasteiger partial charge in [0.2, 0.25) is 16.0 Å². The standard InChI is InChI=1S/C17H16F3N3O2S/c18-17(19,20)15-22-23-16(26-15)21-14(25)8-7-13(24)12-6-5-10-3-1-2-4-11(10)9-12/h5-6,9H,1-4,7-8H2,(H,21,23,25). The first-order valence-corrected chi connectivity index (χ1v) is 9.00. The molecule has 1 aromatic heterocycles. The molecule has 1 aromatic carbocycles. The number of Topliss-reactive ketones (excluding diaryl/α,β-unsaturated/α-hetero) is 1. The zero-order chi connectivity index (χ0) is 18.7. The molecule has 9 heteroatoms. The van der Waals surface area contributed by atoms with Crippen LogP contribution in [0.1, 0.15) is 52.2 Å². The van der Waals surface area contributed by atoms with E-state index in [1.165, 1.54) is 11.1 Å². The summed E-state index contributed by atoms with van der Waals surface area (Å²) in [6, 6.07) is 5.61. The highest BCUT2D eigenvalue weighted by molar-refractivity contribution is 7.15. The number of fused-ring (bicyclic) bond motifs is 1. The lowest BCUT2D eigenvalue weighted by Crippen LogP contribution is -2.14. The number of carbonyl (C=O) groups excluding carboxylic acids is 2. The van der Waals surface area contributed by atoms with Crippen LogP contribution in [0, 0.1) is 0 Å². The summed E-state index contributed by atoms with van der Waals surface area (Å²) in [5.41, 5.74) is 3.01. The van der Waals surface area contributed by atoms with Crippen molar-refractivity contribution in [2.45, 2.75) is 44.7 Å². The Kier molecular flexibility index (Phi) is 5.36. The Morgan fingerprint density at radius 3 is 2.50 bits per heavy atom. The molecule has 0 aliphatic heterocycles. The number of ketones is 1. The van der Waals surface area contributed by atoms with Gasteiger partial charge >= 0.3 is 6.18 Å². The Balaban J connectivity index is 1.54. The Hall–Kier alpha value is -2.29. The maximum absolute atomic E-state index is 12.5. The minimum atomic E-state index is -4.59. The minimum Gasteiger partial charge on any atom is -0.301 e. The zero-order valence-electron chi connectivity index (χ0n) is 13.7. The van der Waals surface area contributed by atoms with Gasteiger partial charge in [0, 0.05) is 18.4 Å². The second-order valence-corrected chi connectivity index (χ2v) is 7.05. The third-order valence-electron chi connectivity index (χ3n) is 4.16. The molecule has 0 saturated heterocycles. The Bertz CT molecular complexity index is 833. The molecule has 0 spiro atoms. The summed E-state index contributed by atoms with van der Waals surface area (Å²) in [5.74, 6) is -0.733. The fraction of sp³-hybridized carbons (Fsp3) is 0.412. The van der Waals surface area contributed by atoms with Crippen LogP contribution in [0.2, 0.25) is 0 Å². The predicted octanol–water partition coefficient (Wildman–Crippen LogP) is 4.04. The lowest BCUT2D eigenvalue weighted by Gasteiger charge is -2.16. The third kappa shape index (κ3) is 4.46. The molecule has 3 rings (SSSR count). The molecular weight excluding hydrogens is 367 g/mol. The lowest BCUT2D eigenvalue weighted by molar-refractivity contribution is -0.138. The van der Waals surface area contributed by atoms with Gasteiger partial charge in [-0.2, -0.15) is 13.2 Å². The number of benzene rings is 1. The van der Waals surface area contributed by atoms with Crippen molar-refractivity contribution in [2.24, 2.45) is 0 Å². The lowest BCUT2D eigenvalue weighted by atomic mass is 9.89. The van der Waals surface area contributed by atoms with Crippen LogP contribution in [0.25, 0.3) is 0 Å². The molecule has 0 fully saturated rings. The normalized spacial score (nSPS) is 14.0. The fourth-order valence-corrected chi connectivity index (χ4v) is 3.48. The smallest absolute Gasteiger partial charge is 0.301 e. The highest BCUT2D eigenvalue weighted by Gasteiger charge is 2.35. The van der Waals surface area contributed by atoms with Crippen molar-refractivity contribution in [3.63, 3.8) is 0 Å². The van der Waals surface area contributed by atoms with Crippen LogP contribution in [0.5, 0.6) is 0 Å². The average molecular weight is 383 g/mol. The Morgan fingerprint density at radius 1 is 1.08 bits per heavy atom. The van der Waals surface area contributed by atoms with Gasteiger partial charge in [-0.25, -0.2) is 0 Å². The molecule has 0 saturated carbocycles. The summed E-state index contributed by atoms with van der Waals surface area (Å²) in [7, 11) is 0.